The van der Waals surface area contributed by atoms with Gasteiger partial charge in [0.15, 0.2) is 5.16 Å². The van der Waals surface area contributed by atoms with Crippen molar-refractivity contribution in [3.63, 3.8) is 0 Å². The number of aromatic amines is 1. The van der Waals surface area contributed by atoms with Crippen molar-refractivity contribution < 1.29 is 0 Å². The fourth-order valence-electron chi connectivity index (χ4n) is 1.66. The lowest BCUT2D eigenvalue weighted by Gasteiger charge is -2.12. The molecule has 0 aromatic carbocycles. The van der Waals surface area contributed by atoms with Crippen LogP contribution >= 0.6 is 39.0 Å². The van der Waals surface area contributed by atoms with Crippen molar-refractivity contribution in [2.45, 2.75) is 30.3 Å². The lowest BCUT2D eigenvalue weighted by molar-refractivity contribution is 0.603. The molecular formula is C11H15BrN4OS2. The van der Waals surface area contributed by atoms with Crippen LogP contribution in [0.4, 0.5) is 0 Å². The highest BCUT2D eigenvalue weighted by Gasteiger charge is 2.18. The molecule has 0 bridgehead atoms. The van der Waals surface area contributed by atoms with Gasteiger partial charge in [0.1, 0.15) is 0 Å². The zero-order chi connectivity index (χ0) is 13.8. The highest BCUT2D eigenvalue weighted by atomic mass is 79.9. The number of aromatic nitrogens is 3. The second-order valence-electron chi connectivity index (χ2n) is 3.97. The number of rotatable bonds is 6. The van der Waals surface area contributed by atoms with E-state index in [1.54, 1.807) is 15.9 Å². The lowest BCUT2D eigenvalue weighted by Crippen LogP contribution is -2.18. The van der Waals surface area contributed by atoms with Gasteiger partial charge in [-0.15, -0.1) is 16.4 Å². The van der Waals surface area contributed by atoms with Crippen LogP contribution in [-0.2, 0) is 6.54 Å². The molecule has 2 aromatic rings. The van der Waals surface area contributed by atoms with Gasteiger partial charge in [0.25, 0.3) is 0 Å². The molecule has 0 aliphatic carbocycles. The first-order chi connectivity index (χ1) is 9.15. The summed E-state index contributed by atoms with van der Waals surface area (Å²) in [5.74, 6) is 0. The van der Waals surface area contributed by atoms with Gasteiger partial charge in [-0.3, -0.25) is 4.57 Å². The van der Waals surface area contributed by atoms with Crippen molar-refractivity contribution in [3.8, 4) is 0 Å². The van der Waals surface area contributed by atoms with Crippen LogP contribution in [0.2, 0.25) is 0 Å². The van der Waals surface area contributed by atoms with Crippen LogP contribution in [-0.4, -0.2) is 21.3 Å². The number of hydrogen-bond donors (Lipinski definition) is 2. The van der Waals surface area contributed by atoms with E-state index in [2.05, 4.69) is 32.2 Å². The van der Waals surface area contributed by atoms with E-state index in [-0.39, 0.29) is 10.9 Å². The monoisotopic (exact) mass is 362 g/mol. The molecule has 2 rings (SSSR count). The Kier molecular flexibility index (Phi) is 5.26. The average Bonchev–Trinajstić information content (AvgIpc) is 2.96. The lowest BCUT2D eigenvalue weighted by atomic mass is 10.3. The number of thioether (sulfide) groups is 1. The van der Waals surface area contributed by atoms with Crippen molar-refractivity contribution >= 4 is 39.0 Å². The summed E-state index contributed by atoms with van der Waals surface area (Å²) in [4.78, 5) is 12.8. The Hall–Kier alpha value is -0.570. The van der Waals surface area contributed by atoms with Crippen LogP contribution in [0.5, 0.6) is 0 Å². The average molecular weight is 363 g/mol. The number of nitrogens with one attached hydrogen (secondary N) is 1. The number of nitrogens with zero attached hydrogens (tertiary/aromatic N) is 2. The SMILES string of the molecule is CCCn1c(SC(CN)c2cc(Br)cs2)n[nH]c1=O. The number of thiophene rings is 1. The summed E-state index contributed by atoms with van der Waals surface area (Å²) in [5.41, 5.74) is 5.68. The molecular weight excluding hydrogens is 348 g/mol. The first kappa shape index (κ1) is 14.8. The van der Waals surface area contributed by atoms with Crippen LogP contribution in [0.3, 0.4) is 0 Å². The van der Waals surface area contributed by atoms with Crippen LogP contribution in [0.15, 0.2) is 25.9 Å². The molecule has 1 atom stereocenters. The van der Waals surface area contributed by atoms with Gasteiger partial charge >= 0.3 is 5.69 Å². The van der Waals surface area contributed by atoms with E-state index in [1.807, 2.05) is 12.3 Å². The Bertz CT molecular complexity index is 592. The summed E-state index contributed by atoms with van der Waals surface area (Å²) in [7, 11) is 0. The van der Waals surface area contributed by atoms with Crippen molar-refractivity contribution in [3.05, 3.63) is 31.3 Å². The van der Waals surface area contributed by atoms with Gasteiger partial charge < -0.3 is 5.73 Å². The van der Waals surface area contributed by atoms with E-state index in [1.165, 1.54) is 16.6 Å². The predicted molar refractivity (Wildman–Crippen MR) is 82.8 cm³/mol. The van der Waals surface area contributed by atoms with Gasteiger partial charge in [0, 0.05) is 27.8 Å². The third kappa shape index (κ3) is 3.50. The minimum Gasteiger partial charge on any atom is -0.329 e. The van der Waals surface area contributed by atoms with Gasteiger partial charge in [0.05, 0.1) is 5.25 Å². The highest BCUT2D eigenvalue weighted by Crippen LogP contribution is 2.37. The second kappa shape index (κ2) is 6.74. The summed E-state index contributed by atoms with van der Waals surface area (Å²) in [6, 6.07) is 2.06. The fraction of sp³-hybridized carbons (Fsp3) is 0.455. The maximum Gasteiger partial charge on any atom is 0.343 e. The Morgan fingerprint density at radius 3 is 3.05 bits per heavy atom. The fourth-order valence-corrected chi connectivity index (χ4v) is 4.34. The predicted octanol–water partition coefficient (Wildman–Crippen LogP) is 2.60. The zero-order valence-corrected chi connectivity index (χ0v) is 13.6. The summed E-state index contributed by atoms with van der Waals surface area (Å²) in [6.45, 7) is 3.21. The van der Waals surface area contributed by atoms with E-state index in [4.69, 9.17) is 5.73 Å². The molecule has 0 amide bonds. The molecule has 0 aliphatic heterocycles. The number of H-pyrrole nitrogens is 1. The first-order valence-corrected chi connectivity index (χ1v) is 8.46. The van der Waals surface area contributed by atoms with Crippen molar-refractivity contribution in [1.29, 1.82) is 0 Å². The first-order valence-electron chi connectivity index (χ1n) is 5.91. The molecule has 0 spiro atoms. The van der Waals surface area contributed by atoms with Gasteiger partial charge in [-0.2, -0.15) is 0 Å². The van der Waals surface area contributed by atoms with Crippen molar-refractivity contribution in [2.75, 3.05) is 6.54 Å². The van der Waals surface area contributed by atoms with E-state index < -0.39 is 0 Å². The topological polar surface area (TPSA) is 76.7 Å². The highest BCUT2D eigenvalue weighted by molar-refractivity contribution is 9.10. The summed E-state index contributed by atoms with van der Waals surface area (Å²) in [5, 5.41) is 9.42. The van der Waals surface area contributed by atoms with E-state index >= 15 is 0 Å². The molecule has 3 N–H and O–H groups in total. The molecule has 0 saturated heterocycles. The third-order valence-corrected chi connectivity index (χ3v) is 5.75. The van der Waals surface area contributed by atoms with Gasteiger partial charge in [-0.05, 0) is 28.4 Å². The third-order valence-electron chi connectivity index (χ3n) is 2.54. The van der Waals surface area contributed by atoms with Crippen molar-refractivity contribution in [2.24, 2.45) is 5.73 Å². The Morgan fingerprint density at radius 1 is 1.68 bits per heavy atom. The minimum atomic E-state index is -0.160. The van der Waals surface area contributed by atoms with Gasteiger partial charge in [0.2, 0.25) is 0 Å². The summed E-state index contributed by atoms with van der Waals surface area (Å²) in [6.07, 6.45) is 0.894. The molecule has 2 aromatic heterocycles. The van der Waals surface area contributed by atoms with E-state index in [0.29, 0.717) is 18.2 Å². The summed E-state index contributed by atoms with van der Waals surface area (Å²) >= 11 is 6.62. The largest absolute Gasteiger partial charge is 0.343 e. The molecule has 19 heavy (non-hydrogen) atoms. The quantitative estimate of drug-likeness (QED) is 0.774. The molecule has 1 unspecified atom stereocenters. The molecule has 8 heteroatoms. The van der Waals surface area contributed by atoms with Crippen LogP contribution in [0, 0.1) is 0 Å². The van der Waals surface area contributed by atoms with Crippen LogP contribution in [0.25, 0.3) is 0 Å². The molecule has 0 aliphatic rings. The molecule has 0 fully saturated rings. The zero-order valence-electron chi connectivity index (χ0n) is 10.4. The Balaban J connectivity index is 2.21. The maximum absolute atomic E-state index is 11.6. The Labute approximate surface area is 127 Å². The van der Waals surface area contributed by atoms with Crippen LogP contribution in [0.1, 0.15) is 23.5 Å². The molecule has 0 saturated carbocycles. The molecule has 2 heterocycles. The van der Waals surface area contributed by atoms with Crippen molar-refractivity contribution in [1.82, 2.24) is 14.8 Å². The second-order valence-corrected chi connectivity index (χ2v) is 7.00. The van der Waals surface area contributed by atoms with Crippen LogP contribution < -0.4 is 11.4 Å². The van der Waals surface area contributed by atoms with Gasteiger partial charge in [-0.25, -0.2) is 9.89 Å². The number of hydrogen-bond acceptors (Lipinski definition) is 5. The minimum absolute atomic E-state index is 0.113. The van der Waals surface area contributed by atoms with Gasteiger partial charge in [-0.1, -0.05) is 18.7 Å². The van der Waals surface area contributed by atoms with E-state index in [9.17, 15) is 4.79 Å². The molecule has 0 radical (unpaired) electrons. The molecule has 104 valence electrons. The maximum atomic E-state index is 11.6. The number of nitrogens with two attached hydrogens (primary N) is 1. The standard InChI is InChI=1S/C11H15BrN4OS2/c1-2-3-16-10(17)14-15-11(16)19-9(5-13)8-4-7(12)6-18-8/h4,6,9H,2-3,5,13H2,1H3,(H,14,17). The smallest absolute Gasteiger partial charge is 0.329 e. The number of halogens is 1. The Morgan fingerprint density at radius 2 is 2.47 bits per heavy atom. The van der Waals surface area contributed by atoms with E-state index in [0.717, 1.165) is 10.9 Å². The molecule has 5 nitrogen and oxygen atoms in total. The normalized spacial score (nSPS) is 12.8. The summed E-state index contributed by atoms with van der Waals surface area (Å²) < 4.78 is 2.72.